The van der Waals surface area contributed by atoms with Crippen LogP contribution < -0.4 is 14.8 Å². The Bertz CT molecular complexity index is 1280. The first-order valence-electron chi connectivity index (χ1n) is 9.38. The Morgan fingerprint density at radius 3 is 2.73 bits per heavy atom. The van der Waals surface area contributed by atoms with Gasteiger partial charge in [-0.15, -0.1) is 15.3 Å². The number of aryl methyl sites for hydroxylation is 1. The predicted molar refractivity (Wildman–Crippen MR) is 107 cm³/mol. The summed E-state index contributed by atoms with van der Waals surface area (Å²) in [6.45, 7) is 1.82. The van der Waals surface area contributed by atoms with Gasteiger partial charge < -0.3 is 14.8 Å². The number of nitrogens with one attached hydrogen (secondary N) is 1. The molecule has 0 aliphatic carbocycles. The maximum absolute atomic E-state index is 12.5. The van der Waals surface area contributed by atoms with E-state index in [0.29, 0.717) is 41.0 Å². The number of fused-ring (bicyclic) bond motifs is 2. The molecule has 1 aliphatic heterocycles. The Hall–Kier alpha value is -3.95. The Kier molecular flexibility index (Phi) is 4.12. The molecule has 0 saturated heterocycles. The third kappa shape index (κ3) is 2.76. The summed E-state index contributed by atoms with van der Waals surface area (Å²) in [6.07, 6.45) is 2.08. The first-order valence-corrected chi connectivity index (χ1v) is 9.38. The van der Waals surface area contributed by atoms with Crippen LogP contribution in [-0.2, 0) is 4.79 Å². The van der Waals surface area contributed by atoms with Crippen molar-refractivity contribution in [3.05, 3.63) is 53.5 Å². The fourth-order valence-electron chi connectivity index (χ4n) is 3.76. The van der Waals surface area contributed by atoms with E-state index in [-0.39, 0.29) is 11.8 Å². The normalized spacial score (nSPS) is 15.7. The van der Waals surface area contributed by atoms with E-state index in [9.17, 15) is 4.79 Å². The van der Waals surface area contributed by atoms with Crippen LogP contribution in [0.3, 0.4) is 0 Å². The molecule has 152 valence electrons. The summed E-state index contributed by atoms with van der Waals surface area (Å²) in [6, 6.07) is 9.29. The lowest BCUT2D eigenvalue weighted by Crippen LogP contribution is -2.25. The number of anilines is 1. The number of benzene rings is 1. The molecule has 0 unspecified atom stereocenters. The summed E-state index contributed by atoms with van der Waals surface area (Å²) >= 11 is 0. The van der Waals surface area contributed by atoms with Crippen LogP contribution in [0.25, 0.3) is 11.5 Å². The molecule has 3 aromatic heterocycles. The van der Waals surface area contributed by atoms with Crippen molar-refractivity contribution in [3.8, 4) is 17.3 Å². The minimum absolute atomic E-state index is 0.0920. The van der Waals surface area contributed by atoms with Crippen LogP contribution in [0, 0.1) is 6.92 Å². The lowest BCUT2D eigenvalue weighted by Gasteiger charge is -2.24. The second kappa shape index (κ2) is 6.83. The zero-order valence-electron chi connectivity index (χ0n) is 16.7. The van der Waals surface area contributed by atoms with Gasteiger partial charge in [-0.05, 0) is 36.8 Å². The fourth-order valence-corrected chi connectivity index (χ4v) is 3.76. The second-order valence-corrected chi connectivity index (χ2v) is 6.99. The van der Waals surface area contributed by atoms with Gasteiger partial charge in [-0.1, -0.05) is 6.07 Å². The molecule has 0 bridgehead atoms. The molecule has 0 fully saturated rings. The maximum Gasteiger partial charge on any atom is 0.226 e. The number of hydrogen-bond acceptors (Lipinski definition) is 7. The first-order chi connectivity index (χ1) is 14.6. The number of hydrogen-bond donors (Lipinski definition) is 1. The van der Waals surface area contributed by atoms with Gasteiger partial charge >= 0.3 is 0 Å². The van der Waals surface area contributed by atoms with Gasteiger partial charge in [0.1, 0.15) is 5.82 Å². The number of carbonyl (C=O) groups excluding carboxylic acids is 1. The highest BCUT2D eigenvalue weighted by Gasteiger charge is 2.31. The van der Waals surface area contributed by atoms with E-state index in [2.05, 4.69) is 25.7 Å². The van der Waals surface area contributed by atoms with E-state index in [1.165, 1.54) is 0 Å². The van der Waals surface area contributed by atoms with Gasteiger partial charge in [0.05, 0.1) is 20.4 Å². The zero-order valence-corrected chi connectivity index (χ0v) is 16.7. The summed E-state index contributed by atoms with van der Waals surface area (Å²) in [5.74, 6) is 2.82. The Balaban J connectivity index is 1.60. The third-order valence-electron chi connectivity index (χ3n) is 5.25. The van der Waals surface area contributed by atoms with Crippen molar-refractivity contribution in [3.63, 3.8) is 0 Å². The molecule has 4 heterocycles. The highest BCUT2D eigenvalue weighted by Crippen LogP contribution is 2.40. The van der Waals surface area contributed by atoms with Gasteiger partial charge in [0, 0.05) is 17.9 Å². The molecule has 0 spiro atoms. The number of nitrogens with zero attached hydrogens (tertiary/aromatic N) is 6. The van der Waals surface area contributed by atoms with Gasteiger partial charge in [-0.3, -0.25) is 4.79 Å². The van der Waals surface area contributed by atoms with Crippen LogP contribution in [0.5, 0.6) is 11.5 Å². The molecular weight excluding hydrogens is 386 g/mol. The van der Waals surface area contributed by atoms with Gasteiger partial charge in [0.25, 0.3) is 0 Å². The maximum atomic E-state index is 12.5. The van der Waals surface area contributed by atoms with Crippen LogP contribution in [0.2, 0.25) is 0 Å². The Morgan fingerprint density at radius 2 is 1.93 bits per heavy atom. The summed E-state index contributed by atoms with van der Waals surface area (Å²) in [4.78, 5) is 12.5. The van der Waals surface area contributed by atoms with Crippen molar-refractivity contribution in [1.29, 1.82) is 0 Å². The molecule has 1 amide bonds. The Morgan fingerprint density at radius 1 is 1.10 bits per heavy atom. The smallest absolute Gasteiger partial charge is 0.226 e. The topological polar surface area (TPSA) is 108 Å². The van der Waals surface area contributed by atoms with E-state index in [1.807, 2.05) is 31.2 Å². The first kappa shape index (κ1) is 18.1. The molecule has 0 radical (unpaired) electrons. The fraction of sp³-hybridized carbons (Fsp3) is 0.250. The molecule has 30 heavy (non-hydrogen) atoms. The third-order valence-corrected chi connectivity index (χ3v) is 5.25. The second-order valence-electron chi connectivity index (χ2n) is 6.99. The van der Waals surface area contributed by atoms with E-state index in [4.69, 9.17) is 9.47 Å². The van der Waals surface area contributed by atoms with E-state index in [1.54, 1.807) is 35.7 Å². The molecule has 10 nitrogen and oxygen atoms in total. The Labute approximate surface area is 171 Å². The minimum Gasteiger partial charge on any atom is -0.493 e. The monoisotopic (exact) mass is 405 g/mol. The zero-order chi connectivity index (χ0) is 20.8. The number of amides is 1. The SMILES string of the molecule is COc1ccc([C@@H]2CC(=O)Nc3c2cnn3-c2ccc3nnc(C)n3n2)cc1OC. The highest BCUT2D eigenvalue weighted by atomic mass is 16.5. The van der Waals surface area contributed by atoms with E-state index in [0.717, 1.165) is 11.1 Å². The average molecular weight is 405 g/mol. The van der Waals surface area contributed by atoms with Gasteiger partial charge in [0.15, 0.2) is 28.8 Å². The van der Waals surface area contributed by atoms with Crippen LogP contribution in [0.1, 0.15) is 29.3 Å². The lowest BCUT2D eigenvalue weighted by atomic mass is 9.87. The summed E-state index contributed by atoms with van der Waals surface area (Å²) < 4.78 is 14.0. The molecule has 4 aromatic rings. The van der Waals surface area contributed by atoms with Crippen molar-refractivity contribution in [2.75, 3.05) is 19.5 Å². The van der Waals surface area contributed by atoms with Crippen LogP contribution in [-0.4, -0.2) is 49.7 Å². The molecule has 1 atom stereocenters. The van der Waals surface area contributed by atoms with Crippen molar-refractivity contribution in [1.82, 2.24) is 29.6 Å². The van der Waals surface area contributed by atoms with Crippen molar-refractivity contribution >= 4 is 17.4 Å². The number of ether oxygens (including phenoxy) is 2. The standard InChI is InChI=1S/C20H19N7O3/c1-11-23-24-17-6-7-18(25-26(11)17)27-20-14(10-21-27)13(9-19(28)22-20)12-4-5-15(29-2)16(8-12)30-3/h4-8,10,13H,9H2,1-3H3,(H,22,28)/t13-/m0/s1. The molecule has 1 aliphatic rings. The highest BCUT2D eigenvalue weighted by molar-refractivity contribution is 5.94. The quantitative estimate of drug-likeness (QED) is 0.554. The molecule has 1 aromatic carbocycles. The van der Waals surface area contributed by atoms with Crippen molar-refractivity contribution in [2.45, 2.75) is 19.3 Å². The minimum atomic E-state index is -0.164. The number of rotatable bonds is 4. The van der Waals surface area contributed by atoms with Gasteiger partial charge in [-0.25, -0.2) is 0 Å². The molecule has 5 rings (SSSR count). The summed E-state index contributed by atoms with van der Waals surface area (Å²) in [5.41, 5.74) is 2.50. The molecule has 1 N–H and O–H groups in total. The number of aromatic nitrogens is 6. The van der Waals surface area contributed by atoms with E-state index >= 15 is 0 Å². The summed E-state index contributed by atoms with van der Waals surface area (Å²) in [7, 11) is 3.18. The molecule has 10 heteroatoms. The van der Waals surface area contributed by atoms with Gasteiger partial charge in [-0.2, -0.15) is 14.3 Å². The van der Waals surface area contributed by atoms with E-state index < -0.39 is 0 Å². The largest absolute Gasteiger partial charge is 0.493 e. The van der Waals surface area contributed by atoms with Gasteiger partial charge in [0.2, 0.25) is 5.91 Å². The summed E-state index contributed by atoms with van der Waals surface area (Å²) in [5, 5.41) is 20.1. The van der Waals surface area contributed by atoms with Crippen LogP contribution >= 0.6 is 0 Å². The molecular formula is C20H19N7O3. The average Bonchev–Trinajstić information content (AvgIpc) is 3.36. The van der Waals surface area contributed by atoms with Crippen LogP contribution in [0.4, 0.5) is 5.82 Å². The van der Waals surface area contributed by atoms with Crippen LogP contribution in [0.15, 0.2) is 36.5 Å². The van der Waals surface area contributed by atoms with Crippen molar-refractivity contribution < 1.29 is 14.3 Å². The number of methoxy groups -OCH3 is 2. The number of carbonyl (C=O) groups is 1. The molecule has 0 saturated carbocycles. The lowest BCUT2D eigenvalue weighted by molar-refractivity contribution is -0.116. The predicted octanol–water partition coefficient (Wildman–Crippen LogP) is 2.11. The van der Waals surface area contributed by atoms with Crippen molar-refractivity contribution in [2.24, 2.45) is 0 Å².